The Bertz CT molecular complexity index is 555. The van der Waals surface area contributed by atoms with E-state index in [9.17, 15) is 0 Å². The number of rotatable bonds is 3. The van der Waals surface area contributed by atoms with Crippen molar-refractivity contribution in [2.75, 3.05) is 6.54 Å². The van der Waals surface area contributed by atoms with E-state index in [0.29, 0.717) is 0 Å². The van der Waals surface area contributed by atoms with Crippen LogP contribution in [-0.2, 0) is 6.54 Å². The molecule has 2 fully saturated rings. The van der Waals surface area contributed by atoms with Crippen molar-refractivity contribution in [3.05, 3.63) is 23.3 Å². The van der Waals surface area contributed by atoms with E-state index in [1.54, 1.807) is 11.3 Å². The van der Waals surface area contributed by atoms with E-state index < -0.39 is 0 Å². The summed E-state index contributed by atoms with van der Waals surface area (Å²) in [7, 11) is 0. The highest BCUT2D eigenvalue weighted by Crippen LogP contribution is 2.36. The van der Waals surface area contributed by atoms with E-state index in [4.69, 9.17) is 4.98 Å². The van der Waals surface area contributed by atoms with Crippen molar-refractivity contribution in [1.82, 2.24) is 14.9 Å². The summed E-state index contributed by atoms with van der Waals surface area (Å²) in [4.78, 5) is 12.9. The van der Waals surface area contributed by atoms with Crippen molar-refractivity contribution in [2.45, 2.75) is 51.1 Å². The summed E-state index contributed by atoms with van der Waals surface area (Å²) in [5.41, 5.74) is 1.06. The standard InChI is InChI=1S/C16H21N3S/c1-2-6-12(5-1)14-8-4-10-19(14)11-15-18-13-7-3-9-17-16(13)20-15/h3,7,9,12,14H,1-2,4-6,8,10-11H2/t14-/m1/s1. The highest BCUT2D eigenvalue weighted by Gasteiger charge is 2.33. The average Bonchev–Trinajstić information content (AvgIpc) is 3.18. The molecule has 0 bridgehead atoms. The lowest BCUT2D eigenvalue weighted by molar-refractivity contribution is 0.183. The van der Waals surface area contributed by atoms with Crippen molar-refractivity contribution in [1.29, 1.82) is 0 Å². The molecule has 106 valence electrons. The molecular formula is C16H21N3S. The zero-order valence-corrected chi connectivity index (χ0v) is 12.6. The lowest BCUT2D eigenvalue weighted by Gasteiger charge is -2.28. The normalized spacial score (nSPS) is 24.9. The second kappa shape index (κ2) is 5.41. The molecule has 2 aromatic rings. The first-order chi connectivity index (χ1) is 9.90. The Hall–Kier alpha value is -1.00. The SMILES string of the molecule is c1cnc2sc(CN3CCC[C@@H]3C3CCCC3)nc2c1. The van der Waals surface area contributed by atoms with Crippen LogP contribution in [0.1, 0.15) is 43.5 Å². The molecule has 2 aliphatic rings. The van der Waals surface area contributed by atoms with Crippen LogP contribution in [0.15, 0.2) is 18.3 Å². The van der Waals surface area contributed by atoms with Gasteiger partial charge in [0, 0.05) is 12.2 Å². The molecule has 0 spiro atoms. The van der Waals surface area contributed by atoms with Gasteiger partial charge < -0.3 is 0 Å². The molecule has 3 nitrogen and oxygen atoms in total. The minimum Gasteiger partial charge on any atom is -0.293 e. The van der Waals surface area contributed by atoms with Gasteiger partial charge in [-0.25, -0.2) is 9.97 Å². The second-order valence-corrected chi connectivity index (χ2v) is 7.22. The monoisotopic (exact) mass is 287 g/mol. The van der Waals surface area contributed by atoms with Crippen LogP contribution in [0.2, 0.25) is 0 Å². The molecule has 1 atom stereocenters. The van der Waals surface area contributed by atoms with E-state index in [1.807, 2.05) is 12.3 Å². The molecule has 0 aromatic carbocycles. The van der Waals surface area contributed by atoms with Crippen LogP contribution < -0.4 is 0 Å². The molecule has 0 radical (unpaired) electrons. The van der Waals surface area contributed by atoms with E-state index in [0.717, 1.165) is 28.9 Å². The molecule has 1 aliphatic heterocycles. The maximum absolute atomic E-state index is 4.75. The number of likely N-dealkylation sites (tertiary alicyclic amines) is 1. The van der Waals surface area contributed by atoms with Crippen LogP contribution in [0.5, 0.6) is 0 Å². The molecule has 0 unspecified atom stereocenters. The molecule has 1 saturated heterocycles. The fraction of sp³-hybridized carbons (Fsp3) is 0.625. The van der Waals surface area contributed by atoms with Crippen LogP contribution in [-0.4, -0.2) is 27.5 Å². The van der Waals surface area contributed by atoms with E-state index in [-0.39, 0.29) is 0 Å². The third-order valence-corrected chi connectivity index (χ3v) is 5.87. The van der Waals surface area contributed by atoms with E-state index >= 15 is 0 Å². The summed E-state index contributed by atoms with van der Waals surface area (Å²) >= 11 is 1.76. The number of hydrogen-bond donors (Lipinski definition) is 0. The quantitative estimate of drug-likeness (QED) is 0.858. The van der Waals surface area contributed by atoms with Gasteiger partial charge in [0.2, 0.25) is 0 Å². The van der Waals surface area contributed by atoms with Gasteiger partial charge >= 0.3 is 0 Å². The van der Waals surface area contributed by atoms with Crippen molar-refractivity contribution < 1.29 is 0 Å². The fourth-order valence-electron chi connectivity index (χ4n) is 3.98. The van der Waals surface area contributed by atoms with Crippen molar-refractivity contribution in [2.24, 2.45) is 5.92 Å². The summed E-state index contributed by atoms with van der Waals surface area (Å²) in [6.07, 6.45) is 10.4. The third kappa shape index (κ3) is 2.35. The zero-order chi connectivity index (χ0) is 13.4. The third-order valence-electron chi connectivity index (χ3n) is 4.91. The van der Waals surface area contributed by atoms with E-state index in [1.165, 1.54) is 50.1 Å². The van der Waals surface area contributed by atoms with Crippen LogP contribution >= 0.6 is 11.3 Å². The fourth-order valence-corrected chi connectivity index (χ4v) is 4.91. The van der Waals surface area contributed by atoms with Crippen molar-refractivity contribution in [3.63, 3.8) is 0 Å². The maximum atomic E-state index is 4.75. The van der Waals surface area contributed by atoms with Crippen molar-refractivity contribution >= 4 is 21.7 Å². The first-order valence-corrected chi connectivity index (χ1v) is 8.66. The molecule has 3 heterocycles. The molecule has 4 heteroatoms. The predicted octanol–water partition coefficient (Wildman–Crippen LogP) is 3.85. The minimum absolute atomic E-state index is 0.817. The van der Waals surface area contributed by atoms with Gasteiger partial charge in [-0.1, -0.05) is 24.2 Å². The highest BCUT2D eigenvalue weighted by atomic mass is 32.1. The lowest BCUT2D eigenvalue weighted by atomic mass is 9.96. The van der Waals surface area contributed by atoms with Gasteiger partial charge in [0.25, 0.3) is 0 Å². The second-order valence-electron chi connectivity index (χ2n) is 6.16. The summed E-state index contributed by atoms with van der Waals surface area (Å²) in [5, 5.41) is 1.24. The van der Waals surface area contributed by atoms with Crippen molar-refractivity contribution in [3.8, 4) is 0 Å². The molecule has 2 aromatic heterocycles. The number of hydrogen-bond acceptors (Lipinski definition) is 4. The largest absolute Gasteiger partial charge is 0.293 e. The topological polar surface area (TPSA) is 29.0 Å². The first kappa shape index (κ1) is 12.7. The lowest BCUT2D eigenvalue weighted by Crippen LogP contribution is -2.34. The summed E-state index contributed by atoms with van der Waals surface area (Å²) in [6.45, 7) is 2.28. The highest BCUT2D eigenvalue weighted by molar-refractivity contribution is 7.18. The smallest absolute Gasteiger partial charge is 0.143 e. The molecule has 1 saturated carbocycles. The van der Waals surface area contributed by atoms with Crippen LogP contribution in [0.3, 0.4) is 0 Å². The molecule has 1 aliphatic carbocycles. The van der Waals surface area contributed by atoms with Crippen LogP contribution in [0.4, 0.5) is 0 Å². The minimum atomic E-state index is 0.817. The Morgan fingerprint density at radius 3 is 2.95 bits per heavy atom. The molecule has 20 heavy (non-hydrogen) atoms. The molecule has 0 amide bonds. The Kier molecular flexibility index (Phi) is 3.44. The molecular weight excluding hydrogens is 266 g/mol. The molecule has 4 rings (SSSR count). The number of pyridine rings is 1. The van der Waals surface area contributed by atoms with Crippen LogP contribution in [0, 0.1) is 5.92 Å². The van der Waals surface area contributed by atoms with Crippen LogP contribution in [0.25, 0.3) is 10.3 Å². The number of thiazole rings is 1. The zero-order valence-electron chi connectivity index (χ0n) is 11.8. The van der Waals surface area contributed by atoms with Gasteiger partial charge in [-0.15, -0.1) is 0 Å². The van der Waals surface area contributed by atoms with E-state index in [2.05, 4.69) is 16.0 Å². The van der Waals surface area contributed by atoms with Gasteiger partial charge in [0.1, 0.15) is 15.4 Å². The van der Waals surface area contributed by atoms with Gasteiger partial charge in [-0.3, -0.25) is 4.90 Å². The number of nitrogens with zero attached hydrogens (tertiary/aromatic N) is 3. The van der Waals surface area contributed by atoms with Gasteiger partial charge in [-0.2, -0.15) is 0 Å². The van der Waals surface area contributed by atoms with Gasteiger partial charge in [0.15, 0.2) is 0 Å². The Morgan fingerprint density at radius 2 is 2.10 bits per heavy atom. The van der Waals surface area contributed by atoms with Gasteiger partial charge in [0.05, 0.1) is 6.54 Å². The average molecular weight is 287 g/mol. The maximum Gasteiger partial charge on any atom is 0.143 e. The summed E-state index contributed by atoms with van der Waals surface area (Å²) in [5.74, 6) is 0.949. The Morgan fingerprint density at radius 1 is 1.20 bits per heavy atom. The summed E-state index contributed by atoms with van der Waals surface area (Å²) < 4.78 is 0. The van der Waals surface area contributed by atoms with Gasteiger partial charge in [-0.05, 0) is 50.3 Å². The Balaban J connectivity index is 1.52. The predicted molar refractivity (Wildman–Crippen MR) is 82.8 cm³/mol. The number of fused-ring (bicyclic) bond motifs is 1. The summed E-state index contributed by atoms with van der Waals surface area (Å²) in [6, 6.07) is 4.86. The first-order valence-electron chi connectivity index (χ1n) is 7.84. The Labute approximate surface area is 124 Å². The molecule has 0 N–H and O–H groups in total. The number of aromatic nitrogens is 2.